The van der Waals surface area contributed by atoms with E-state index in [1.165, 1.54) is 13.2 Å². The van der Waals surface area contributed by atoms with Crippen molar-refractivity contribution >= 4 is 22.6 Å². The Morgan fingerprint density at radius 3 is 2.74 bits per heavy atom. The Balaban J connectivity index is 2.77. The summed E-state index contributed by atoms with van der Waals surface area (Å²) in [6.45, 7) is -0.364. The normalized spacial score (nSPS) is 10.4. The predicted molar refractivity (Wildman–Crippen MR) is 66.9 cm³/mol. The van der Waals surface area contributed by atoms with Crippen molar-refractivity contribution in [2.45, 2.75) is 6.54 Å². The summed E-state index contributed by atoms with van der Waals surface area (Å²) in [4.78, 5) is 33.4. The van der Waals surface area contributed by atoms with Crippen molar-refractivity contribution in [2.75, 3.05) is 7.11 Å². The Kier molecular flexibility index (Phi) is 3.28. The van der Waals surface area contributed by atoms with E-state index < -0.39 is 22.1 Å². The standard InChI is InChI=1S/C12H10N2O5/c1-19-11(15)7-13-9-5-3-2-4-8(9)6-10(12(13)16)14(17)18/h2-6H,7H2,1H3. The van der Waals surface area contributed by atoms with E-state index in [1.54, 1.807) is 24.3 Å². The molecule has 2 aromatic rings. The van der Waals surface area contributed by atoms with Crippen molar-refractivity contribution in [3.05, 3.63) is 50.8 Å². The maximum Gasteiger partial charge on any atom is 0.334 e. The molecule has 7 heteroatoms. The van der Waals surface area contributed by atoms with Crippen LogP contribution in [0, 0.1) is 10.1 Å². The highest BCUT2D eigenvalue weighted by molar-refractivity contribution is 5.82. The summed E-state index contributed by atoms with van der Waals surface area (Å²) >= 11 is 0. The highest BCUT2D eigenvalue weighted by Crippen LogP contribution is 2.17. The number of nitrogens with zero attached hydrogens (tertiary/aromatic N) is 2. The van der Waals surface area contributed by atoms with Gasteiger partial charge in [0.25, 0.3) is 0 Å². The molecule has 0 radical (unpaired) electrons. The molecule has 98 valence electrons. The first-order chi connectivity index (χ1) is 9.04. The molecule has 1 heterocycles. The molecule has 0 unspecified atom stereocenters. The number of hydrogen-bond donors (Lipinski definition) is 0. The third-order valence-electron chi connectivity index (χ3n) is 2.70. The largest absolute Gasteiger partial charge is 0.468 e. The number of para-hydroxylation sites is 1. The van der Waals surface area contributed by atoms with E-state index in [1.807, 2.05) is 0 Å². The molecule has 0 saturated carbocycles. The minimum atomic E-state index is -0.825. The minimum Gasteiger partial charge on any atom is -0.468 e. The molecule has 0 aliphatic rings. The highest BCUT2D eigenvalue weighted by atomic mass is 16.6. The number of pyridine rings is 1. The molecule has 0 N–H and O–H groups in total. The van der Waals surface area contributed by atoms with Crippen LogP contribution >= 0.6 is 0 Å². The van der Waals surface area contributed by atoms with Crippen molar-refractivity contribution in [3.8, 4) is 0 Å². The van der Waals surface area contributed by atoms with E-state index in [0.717, 1.165) is 4.57 Å². The van der Waals surface area contributed by atoms with Crippen molar-refractivity contribution in [2.24, 2.45) is 0 Å². The molecule has 0 aliphatic carbocycles. The fraction of sp³-hybridized carbons (Fsp3) is 0.167. The van der Waals surface area contributed by atoms with Crippen molar-refractivity contribution < 1.29 is 14.5 Å². The molecule has 0 atom stereocenters. The number of fused-ring (bicyclic) bond motifs is 1. The van der Waals surface area contributed by atoms with Crippen LogP contribution in [0.25, 0.3) is 10.9 Å². The van der Waals surface area contributed by atoms with Gasteiger partial charge in [-0.2, -0.15) is 0 Å². The summed E-state index contributed by atoms with van der Waals surface area (Å²) in [6.07, 6.45) is 0. The Morgan fingerprint density at radius 1 is 1.42 bits per heavy atom. The Labute approximate surface area is 107 Å². The fourth-order valence-electron chi connectivity index (χ4n) is 1.79. The van der Waals surface area contributed by atoms with Gasteiger partial charge in [0.2, 0.25) is 0 Å². The molecular weight excluding hydrogens is 252 g/mol. The van der Waals surface area contributed by atoms with E-state index in [4.69, 9.17) is 0 Å². The number of methoxy groups -OCH3 is 1. The predicted octanol–water partition coefficient (Wildman–Crippen LogP) is 1.08. The molecule has 0 spiro atoms. The number of esters is 1. The summed E-state index contributed by atoms with van der Waals surface area (Å²) in [7, 11) is 1.19. The van der Waals surface area contributed by atoms with E-state index in [9.17, 15) is 19.7 Å². The van der Waals surface area contributed by atoms with Crippen LogP contribution in [-0.2, 0) is 16.1 Å². The number of aromatic nitrogens is 1. The number of ether oxygens (including phenoxy) is 1. The second-order valence-electron chi connectivity index (χ2n) is 3.81. The number of nitro groups is 1. The molecular formula is C12H10N2O5. The molecule has 1 aromatic heterocycles. The smallest absolute Gasteiger partial charge is 0.334 e. The third kappa shape index (κ3) is 2.30. The van der Waals surface area contributed by atoms with Crippen LogP contribution in [0.4, 0.5) is 5.69 Å². The molecule has 1 aromatic carbocycles. The van der Waals surface area contributed by atoms with E-state index in [-0.39, 0.29) is 6.54 Å². The third-order valence-corrected chi connectivity index (χ3v) is 2.70. The van der Waals surface area contributed by atoms with Gasteiger partial charge in [0.1, 0.15) is 6.54 Å². The first-order valence-electron chi connectivity index (χ1n) is 5.38. The van der Waals surface area contributed by atoms with Crippen LogP contribution < -0.4 is 5.56 Å². The Hall–Kier alpha value is -2.70. The van der Waals surface area contributed by atoms with Crippen LogP contribution in [0.15, 0.2) is 35.1 Å². The van der Waals surface area contributed by atoms with Gasteiger partial charge in [-0.25, -0.2) is 0 Å². The van der Waals surface area contributed by atoms with Gasteiger partial charge in [-0.1, -0.05) is 18.2 Å². The van der Waals surface area contributed by atoms with Gasteiger partial charge in [0.05, 0.1) is 17.5 Å². The average molecular weight is 262 g/mol. The van der Waals surface area contributed by atoms with Gasteiger partial charge < -0.3 is 4.74 Å². The quantitative estimate of drug-likeness (QED) is 0.469. The molecule has 7 nitrogen and oxygen atoms in total. The number of carbonyl (C=O) groups excluding carboxylic acids is 1. The first kappa shape index (κ1) is 12.7. The number of carbonyl (C=O) groups is 1. The van der Waals surface area contributed by atoms with E-state index in [0.29, 0.717) is 10.9 Å². The Bertz CT molecular complexity index is 720. The minimum absolute atomic E-state index is 0.364. The van der Waals surface area contributed by atoms with Crippen LogP contribution in [0.1, 0.15) is 0 Å². The molecule has 0 amide bonds. The number of rotatable bonds is 3. The lowest BCUT2D eigenvalue weighted by molar-refractivity contribution is -0.386. The molecule has 0 aliphatic heterocycles. The zero-order valence-corrected chi connectivity index (χ0v) is 10.0. The SMILES string of the molecule is COC(=O)Cn1c(=O)c([N+](=O)[O-])cc2ccccc21. The summed E-state index contributed by atoms with van der Waals surface area (Å²) in [5.74, 6) is -0.646. The maximum absolute atomic E-state index is 12.0. The lowest BCUT2D eigenvalue weighted by Gasteiger charge is -2.08. The van der Waals surface area contributed by atoms with Gasteiger partial charge in [-0.05, 0) is 6.07 Å². The molecule has 0 saturated heterocycles. The van der Waals surface area contributed by atoms with Crippen LogP contribution in [0.3, 0.4) is 0 Å². The topological polar surface area (TPSA) is 91.4 Å². The van der Waals surface area contributed by atoms with Crippen molar-refractivity contribution in [1.82, 2.24) is 4.57 Å². The van der Waals surface area contributed by atoms with Gasteiger partial charge in [0.15, 0.2) is 0 Å². The van der Waals surface area contributed by atoms with Gasteiger partial charge in [0, 0.05) is 11.5 Å². The van der Waals surface area contributed by atoms with Gasteiger partial charge >= 0.3 is 17.2 Å². The molecule has 0 bridgehead atoms. The zero-order chi connectivity index (χ0) is 14.0. The fourth-order valence-corrected chi connectivity index (χ4v) is 1.79. The summed E-state index contributed by atoms with van der Waals surface area (Å²) in [6, 6.07) is 7.82. The maximum atomic E-state index is 12.0. The number of benzene rings is 1. The van der Waals surface area contributed by atoms with Crippen LogP contribution in [0.2, 0.25) is 0 Å². The monoisotopic (exact) mass is 262 g/mol. The number of hydrogen-bond acceptors (Lipinski definition) is 5. The second kappa shape index (κ2) is 4.89. The van der Waals surface area contributed by atoms with Gasteiger partial charge in [-0.3, -0.25) is 24.3 Å². The Morgan fingerprint density at radius 2 is 2.11 bits per heavy atom. The molecule has 19 heavy (non-hydrogen) atoms. The highest BCUT2D eigenvalue weighted by Gasteiger charge is 2.19. The van der Waals surface area contributed by atoms with Crippen LogP contribution in [0.5, 0.6) is 0 Å². The summed E-state index contributed by atoms with van der Waals surface area (Å²) in [5, 5.41) is 11.4. The van der Waals surface area contributed by atoms with Crippen LogP contribution in [-0.4, -0.2) is 22.6 Å². The summed E-state index contributed by atoms with van der Waals surface area (Å²) < 4.78 is 5.53. The molecule has 2 rings (SSSR count). The summed E-state index contributed by atoms with van der Waals surface area (Å²) in [5.41, 5.74) is -0.944. The first-order valence-corrected chi connectivity index (χ1v) is 5.38. The van der Waals surface area contributed by atoms with Crippen molar-refractivity contribution in [3.63, 3.8) is 0 Å². The lowest BCUT2D eigenvalue weighted by Crippen LogP contribution is -2.26. The second-order valence-corrected chi connectivity index (χ2v) is 3.81. The lowest BCUT2D eigenvalue weighted by atomic mass is 10.2. The van der Waals surface area contributed by atoms with E-state index >= 15 is 0 Å². The van der Waals surface area contributed by atoms with Crippen molar-refractivity contribution in [1.29, 1.82) is 0 Å². The average Bonchev–Trinajstić information content (AvgIpc) is 2.41. The molecule has 0 fully saturated rings. The van der Waals surface area contributed by atoms with Gasteiger partial charge in [-0.15, -0.1) is 0 Å². The van der Waals surface area contributed by atoms with E-state index in [2.05, 4.69) is 4.74 Å². The zero-order valence-electron chi connectivity index (χ0n) is 10.0.